The van der Waals surface area contributed by atoms with Crippen molar-refractivity contribution < 1.29 is 0 Å². The third kappa shape index (κ3) is 4.08. The van der Waals surface area contributed by atoms with Gasteiger partial charge in [-0.05, 0) is 49.4 Å². The van der Waals surface area contributed by atoms with Crippen molar-refractivity contribution in [3.63, 3.8) is 0 Å². The fourth-order valence-corrected chi connectivity index (χ4v) is 3.05. The van der Waals surface area contributed by atoms with Crippen LogP contribution in [0.15, 0.2) is 54.6 Å². The Labute approximate surface area is 127 Å². The number of rotatable bonds is 6. The molecule has 21 heavy (non-hydrogen) atoms. The molecule has 110 valence electrons. The van der Waals surface area contributed by atoms with Crippen molar-refractivity contribution in [1.82, 2.24) is 5.32 Å². The van der Waals surface area contributed by atoms with Crippen molar-refractivity contribution in [2.75, 3.05) is 18.4 Å². The molecule has 0 amide bonds. The zero-order valence-corrected chi connectivity index (χ0v) is 12.5. The number of hydrogen-bond donors (Lipinski definition) is 2. The second-order valence-corrected chi connectivity index (χ2v) is 5.83. The van der Waals surface area contributed by atoms with E-state index in [1.807, 2.05) is 0 Å². The lowest BCUT2D eigenvalue weighted by Gasteiger charge is -2.14. The molecule has 2 nitrogen and oxygen atoms in total. The van der Waals surface area contributed by atoms with Crippen molar-refractivity contribution in [3.8, 4) is 0 Å². The molecule has 2 aromatic carbocycles. The van der Waals surface area contributed by atoms with E-state index in [0.29, 0.717) is 6.04 Å². The maximum absolute atomic E-state index is 3.62. The van der Waals surface area contributed by atoms with Crippen LogP contribution in [-0.2, 0) is 6.42 Å². The molecule has 1 aliphatic rings. The first-order chi connectivity index (χ1) is 10.4. The molecule has 1 fully saturated rings. The highest BCUT2D eigenvalue weighted by atomic mass is 15.0. The van der Waals surface area contributed by atoms with Crippen molar-refractivity contribution in [1.29, 1.82) is 0 Å². The lowest BCUT2D eigenvalue weighted by molar-refractivity contribution is 0.574. The lowest BCUT2D eigenvalue weighted by atomic mass is 10.0. The quantitative estimate of drug-likeness (QED) is 0.840. The fourth-order valence-electron chi connectivity index (χ4n) is 3.05. The zero-order valence-electron chi connectivity index (χ0n) is 12.5. The molecule has 0 radical (unpaired) electrons. The second kappa shape index (κ2) is 7.28. The van der Waals surface area contributed by atoms with E-state index in [0.717, 1.165) is 13.0 Å². The highest BCUT2D eigenvalue weighted by Crippen LogP contribution is 2.19. The molecule has 1 saturated heterocycles. The van der Waals surface area contributed by atoms with Crippen LogP contribution in [0, 0.1) is 0 Å². The van der Waals surface area contributed by atoms with Gasteiger partial charge in [0.2, 0.25) is 0 Å². The first-order valence-corrected chi connectivity index (χ1v) is 8.01. The normalized spacial score (nSPS) is 17.8. The van der Waals surface area contributed by atoms with Crippen molar-refractivity contribution >= 4 is 5.69 Å². The Hall–Kier alpha value is -1.80. The minimum atomic E-state index is 0.707. The van der Waals surface area contributed by atoms with Crippen LogP contribution in [0.5, 0.6) is 0 Å². The number of para-hydroxylation sites is 1. The van der Waals surface area contributed by atoms with Gasteiger partial charge < -0.3 is 10.6 Å². The zero-order chi connectivity index (χ0) is 14.3. The highest BCUT2D eigenvalue weighted by molar-refractivity contribution is 5.52. The van der Waals surface area contributed by atoms with E-state index >= 15 is 0 Å². The van der Waals surface area contributed by atoms with Gasteiger partial charge in [0, 0.05) is 18.3 Å². The molecule has 1 atom stereocenters. The van der Waals surface area contributed by atoms with E-state index in [2.05, 4.69) is 65.2 Å². The summed E-state index contributed by atoms with van der Waals surface area (Å²) in [5.41, 5.74) is 4.02. The third-order valence-corrected chi connectivity index (χ3v) is 4.23. The Balaban J connectivity index is 1.59. The molecule has 1 aliphatic heterocycles. The second-order valence-electron chi connectivity index (χ2n) is 5.83. The Morgan fingerprint density at radius 3 is 2.62 bits per heavy atom. The van der Waals surface area contributed by atoms with Crippen LogP contribution < -0.4 is 10.6 Å². The van der Waals surface area contributed by atoms with E-state index in [4.69, 9.17) is 0 Å². The van der Waals surface area contributed by atoms with Crippen LogP contribution >= 0.6 is 0 Å². The largest absolute Gasteiger partial charge is 0.385 e. The average molecular weight is 280 g/mol. The van der Waals surface area contributed by atoms with Gasteiger partial charge in [-0.2, -0.15) is 0 Å². The summed E-state index contributed by atoms with van der Waals surface area (Å²) in [6.45, 7) is 2.23. The van der Waals surface area contributed by atoms with Crippen LogP contribution in [0.2, 0.25) is 0 Å². The standard InChI is InChI=1S/C19H24N2/c1-2-7-16(8-3-1)15-17-9-4-5-11-19(17)21-14-12-18-10-6-13-20-18/h1-5,7-9,11,18,20-21H,6,10,12-15H2. The molecule has 1 heterocycles. The summed E-state index contributed by atoms with van der Waals surface area (Å²) in [4.78, 5) is 0. The summed E-state index contributed by atoms with van der Waals surface area (Å²) < 4.78 is 0. The SMILES string of the molecule is c1ccc(Cc2ccccc2NCCC2CCCN2)cc1. The molecule has 3 rings (SSSR count). The Bertz CT molecular complexity index is 545. The van der Waals surface area contributed by atoms with Gasteiger partial charge in [-0.1, -0.05) is 48.5 Å². The van der Waals surface area contributed by atoms with E-state index in [1.54, 1.807) is 0 Å². The maximum atomic E-state index is 3.62. The number of benzene rings is 2. The van der Waals surface area contributed by atoms with Crippen LogP contribution in [0.25, 0.3) is 0 Å². The molecule has 0 saturated carbocycles. The molecule has 2 aromatic rings. The van der Waals surface area contributed by atoms with E-state index in [-0.39, 0.29) is 0 Å². The minimum absolute atomic E-state index is 0.707. The fraction of sp³-hybridized carbons (Fsp3) is 0.368. The van der Waals surface area contributed by atoms with Gasteiger partial charge in [-0.15, -0.1) is 0 Å². The van der Waals surface area contributed by atoms with Crippen LogP contribution in [0.1, 0.15) is 30.4 Å². The van der Waals surface area contributed by atoms with Crippen molar-refractivity contribution in [2.24, 2.45) is 0 Å². The predicted molar refractivity (Wildman–Crippen MR) is 89.8 cm³/mol. The summed E-state index contributed by atoms with van der Waals surface area (Å²) in [5, 5.41) is 7.18. The maximum Gasteiger partial charge on any atom is 0.0376 e. The molecule has 2 heteroatoms. The Morgan fingerprint density at radius 2 is 1.81 bits per heavy atom. The monoisotopic (exact) mass is 280 g/mol. The molecule has 0 aromatic heterocycles. The molecule has 0 bridgehead atoms. The Kier molecular flexibility index (Phi) is 4.90. The van der Waals surface area contributed by atoms with Gasteiger partial charge in [0.05, 0.1) is 0 Å². The number of anilines is 1. The highest BCUT2D eigenvalue weighted by Gasteiger charge is 2.13. The molecule has 1 unspecified atom stereocenters. The van der Waals surface area contributed by atoms with Gasteiger partial charge in [0.25, 0.3) is 0 Å². The molecule has 0 aliphatic carbocycles. The molecule has 2 N–H and O–H groups in total. The van der Waals surface area contributed by atoms with Crippen molar-refractivity contribution in [3.05, 3.63) is 65.7 Å². The molecular formula is C19H24N2. The molecular weight excluding hydrogens is 256 g/mol. The summed E-state index contributed by atoms with van der Waals surface area (Å²) in [6, 6.07) is 20.0. The minimum Gasteiger partial charge on any atom is -0.385 e. The summed E-state index contributed by atoms with van der Waals surface area (Å²) in [6.07, 6.45) is 4.86. The third-order valence-electron chi connectivity index (χ3n) is 4.23. The van der Waals surface area contributed by atoms with Gasteiger partial charge in [-0.3, -0.25) is 0 Å². The summed E-state index contributed by atoms with van der Waals surface area (Å²) in [5.74, 6) is 0. The Morgan fingerprint density at radius 1 is 1.00 bits per heavy atom. The van der Waals surface area contributed by atoms with Gasteiger partial charge >= 0.3 is 0 Å². The van der Waals surface area contributed by atoms with Crippen LogP contribution in [0.4, 0.5) is 5.69 Å². The van der Waals surface area contributed by atoms with Crippen LogP contribution in [-0.4, -0.2) is 19.1 Å². The van der Waals surface area contributed by atoms with Gasteiger partial charge in [0.15, 0.2) is 0 Å². The van der Waals surface area contributed by atoms with E-state index < -0.39 is 0 Å². The summed E-state index contributed by atoms with van der Waals surface area (Å²) >= 11 is 0. The number of hydrogen-bond acceptors (Lipinski definition) is 2. The summed E-state index contributed by atoms with van der Waals surface area (Å²) in [7, 11) is 0. The average Bonchev–Trinajstić information content (AvgIpc) is 3.03. The van der Waals surface area contributed by atoms with E-state index in [9.17, 15) is 0 Å². The smallest absolute Gasteiger partial charge is 0.0376 e. The first kappa shape index (κ1) is 14.2. The molecule has 0 spiro atoms. The van der Waals surface area contributed by atoms with Crippen molar-refractivity contribution in [2.45, 2.75) is 31.7 Å². The topological polar surface area (TPSA) is 24.1 Å². The first-order valence-electron chi connectivity index (χ1n) is 8.01. The lowest BCUT2D eigenvalue weighted by Crippen LogP contribution is -2.24. The predicted octanol–water partition coefficient (Wildman–Crippen LogP) is 3.83. The van der Waals surface area contributed by atoms with Gasteiger partial charge in [0.1, 0.15) is 0 Å². The van der Waals surface area contributed by atoms with Gasteiger partial charge in [-0.25, -0.2) is 0 Å². The van der Waals surface area contributed by atoms with E-state index in [1.165, 1.54) is 42.6 Å². The van der Waals surface area contributed by atoms with Crippen LogP contribution in [0.3, 0.4) is 0 Å². The number of nitrogens with one attached hydrogen (secondary N) is 2.